The maximum Gasteiger partial charge on any atom is 0.00696 e. The Kier molecular flexibility index (Phi) is 4.29. The highest BCUT2D eigenvalue weighted by Gasteiger charge is 2.32. The van der Waals surface area contributed by atoms with E-state index in [-0.39, 0.29) is 0 Å². The van der Waals surface area contributed by atoms with Gasteiger partial charge in [-0.25, -0.2) is 0 Å². The number of nitrogens with zero attached hydrogens (tertiary/aromatic N) is 1. The van der Waals surface area contributed by atoms with Crippen LogP contribution in [0.3, 0.4) is 0 Å². The van der Waals surface area contributed by atoms with Crippen LogP contribution in [0.5, 0.6) is 0 Å². The van der Waals surface area contributed by atoms with E-state index in [1.807, 2.05) is 0 Å². The zero-order chi connectivity index (χ0) is 11.5. The van der Waals surface area contributed by atoms with E-state index < -0.39 is 0 Å². The molecule has 1 heterocycles. The molecule has 0 N–H and O–H groups in total. The van der Waals surface area contributed by atoms with Gasteiger partial charge in [-0.05, 0) is 56.9 Å². The minimum absolute atomic E-state index is 0.847. The molecule has 1 saturated carbocycles. The fourth-order valence-electron chi connectivity index (χ4n) is 3.65. The lowest BCUT2D eigenvalue weighted by atomic mass is 9.73. The molecule has 2 rings (SSSR count). The summed E-state index contributed by atoms with van der Waals surface area (Å²) in [6, 6.07) is 0.847. The molecule has 1 aliphatic carbocycles. The van der Waals surface area contributed by atoms with Crippen molar-refractivity contribution in [3.05, 3.63) is 0 Å². The average Bonchev–Trinajstić information content (AvgIpc) is 2.24. The van der Waals surface area contributed by atoms with Gasteiger partial charge in [-0.15, -0.1) is 0 Å². The third-order valence-electron chi connectivity index (χ3n) is 5.10. The van der Waals surface area contributed by atoms with Crippen molar-refractivity contribution in [1.29, 1.82) is 0 Å². The Morgan fingerprint density at radius 2 is 1.62 bits per heavy atom. The highest BCUT2D eigenvalue weighted by Crippen LogP contribution is 2.37. The Morgan fingerprint density at radius 1 is 0.938 bits per heavy atom. The van der Waals surface area contributed by atoms with Crippen molar-refractivity contribution in [3.8, 4) is 0 Å². The van der Waals surface area contributed by atoms with E-state index in [1.54, 1.807) is 0 Å². The van der Waals surface area contributed by atoms with E-state index in [1.165, 1.54) is 51.6 Å². The van der Waals surface area contributed by atoms with Gasteiger partial charge in [0.05, 0.1) is 0 Å². The van der Waals surface area contributed by atoms with Crippen LogP contribution in [0, 0.1) is 17.8 Å². The fraction of sp³-hybridized carbons (Fsp3) is 1.00. The molecule has 1 heteroatoms. The lowest BCUT2D eigenvalue weighted by Gasteiger charge is -2.43. The molecule has 2 aliphatic rings. The molecular weight excluding hydrogens is 194 g/mol. The number of rotatable bonds is 4. The monoisotopic (exact) mass is 223 g/mol. The van der Waals surface area contributed by atoms with E-state index in [9.17, 15) is 0 Å². The van der Waals surface area contributed by atoms with Crippen LogP contribution < -0.4 is 0 Å². The summed E-state index contributed by atoms with van der Waals surface area (Å²) in [7, 11) is 0. The van der Waals surface area contributed by atoms with Crippen molar-refractivity contribution in [2.75, 3.05) is 13.1 Å². The number of piperidine rings is 1. The Balaban J connectivity index is 1.71. The van der Waals surface area contributed by atoms with Gasteiger partial charge in [-0.3, -0.25) is 0 Å². The first-order valence-corrected chi connectivity index (χ1v) is 7.46. The van der Waals surface area contributed by atoms with Gasteiger partial charge in [-0.2, -0.15) is 0 Å². The molecule has 1 aliphatic heterocycles. The molecule has 0 spiro atoms. The van der Waals surface area contributed by atoms with E-state index in [4.69, 9.17) is 0 Å². The Morgan fingerprint density at radius 3 is 2.19 bits per heavy atom. The summed E-state index contributed by atoms with van der Waals surface area (Å²) in [5.41, 5.74) is 0. The summed E-state index contributed by atoms with van der Waals surface area (Å²) in [5, 5.41) is 0. The third kappa shape index (κ3) is 2.80. The second-order valence-corrected chi connectivity index (χ2v) is 6.25. The van der Waals surface area contributed by atoms with Gasteiger partial charge in [0.15, 0.2) is 0 Å². The van der Waals surface area contributed by atoms with Gasteiger partial charge < -0.3 is 4.90 Å². The molecule has 2 unspecified atom stereocenters. The van der Waals surface area contributed by atoms with E-state index in [2.05, 4.69) is 25.7 Å². The van der Waals surface area contributed by atoms with Crippen molar-refractivity contribution < 1.29 is 0 Å². The molecule has 0 amide bonds. The summed E-state index contributed by atoms with van der Waals surface area (Å²) < 4.78 is 0. The largest absolute Gasteiger partial charge is 0.300 e. The molecule has 0 radical (unpaired) electrons. The van der Waals surface area contributed by atoms with E-state index >= 15 is 0 Å². The van der Waals surface area contributed by atoms with E-state index in [0.29, 0.717) is 0 Å². The summed E-state index contributed by atoms with van der Waals surface area (Å²) in [4.78, 5) is 2.77. The number of likely N-dealkylation sites (tertiary alicyclic amines) is 1. The quantitative estimate of drug-likeness (QED) is 0.698. The summed E-state index contributed by atoms with van der Waals surface area (Å²) >= 11 is 0. The minimum Gasteiger partial charge on any atom is -0.300 e. The van der Waals surface area contributed by atoms with Gasteiger partial charge in [-0.1, -0.05) is 26.7 Å². The Labute approximate surface area is 102 Å². The third-order valence-corrected chi connectivity index (χ3v) is 5.10. The van der Waals surface area contributed by atoms with Crippen LogP contribution in [0.25, 0.3) is 0 Å². The Bertz CT molecular complexity index is 207. The summed E-state index contributed by atoms with van der Waals surface area (Å²) in [5.74, 6) is 3.11. The molecule has 94 valence electrons. The van der Waals surface area contributed by atoms with Crippen LogP contribution in [0.4, 0.5) is 0 Å². The molecule has 0 aromatic carbocycles. The molecule has 16 heavy (non-hydrogen) atoms. The molecular formula is C15H29N. The van der Waals surface area contributed by atoms with Gasteiger partial charge >= 0.3 is 0 Å². The maximum atomic E-state index is 2.77. The molecule has 0 aromatic heterocycles. The SMILES string of the molecule is CCC1CC(CN2CCC(CC)CC2C)C1. The molecule has 0 aromatic rings. The number of hydrogen-bond donors (Lipinski definition) is 0. The van der Waals surface area contributed by atoms with Crippen molar-refractivity contribution in [3.63, 3.8) is 0 Å². The zero-order valence-electron chi connectivity index (χ0n) is 11.4. The maximum absolute atomic E-state index is 2.77. The minimum atomic E-state index is 0.847. The normalized spacial score (nSPS) is 40.7. The highest BCUT2D eigenvalue weighted by molar-refractivity contribution is 4.85. The van der Waals surface area contributed by atoms with Gasteiger partial charge in [0.1, 0.15) is 0 Å². The first-order valence-electron chi connectivity index (χ1n) is 7.46. The zero-order valence-corrected chi connectivity index (χ0v) is 11.4. The van der Waals surface area contributed by atoms with Crippen molar-refractivity contribution in [1.82, 2.24) is 4.90 Å². The first-order chi connectivity index (χ1) is 7.72. The predicted molar refractivity (Wildman–Crippen MR) is 70.6 cm³/mol. The van der Waals surface area contributed by atoms with Gasteiger partial charge in [0.2, 0.25) is 0 Å². The van der Waals surface area contributed by atoms with Crippen LogP contribution in [0.15, 0.2) is 0 Å². The van der Waals surface area contributed by atoms with Crippen LogP contribution in [-0.2, 0) is 0 Å². The van der Waals surface area contributed by atoms with Crippen LogP contribution in [-0.4, -0.2) is 24.0 Å². The van der Waals surface area contributed by atoms with Crippen LogP contribution >= 0.6 is 0 Å². The standard InChI is InChI=1S/C15H29N/c1-4-13-6-7-16(12(3)8-13)11-15-9-14(5-2)10-15/h12-15H,4-11H2,1-3H3. The fourth-order valence-corrected chi connectivity index (χ4v) is 3.65. The molecule has 0 bridgehead atoms. The van der Waals surface area contributed by atoms with Gasteiger partial charge in [0, 0.05) is 12.6 Å². The van der Waals surface area contributed by atoms with E-state index in [0.717, 1.165) is 23.8 Å². The van der Waals surface area contributed by atoms with Crippen molar-refractivity contribution in [2.45, 2.75) is 65.3 Å². The lowest BCUT2D eigenvalue weighted by Crippen LogP contribution is -2.45. The second kappa shape index (κ2) is 5.53. The lowest BCUT2D eigenvalue weighted by molar-refractivity contribution is 0.0618. The number of hydrogen-bond acceptors (Lipinski definition) is 1. The smallest absolute Gasteiger partial charge is 0.00696 e. The van der Waals surface area contributed by atoms with Crippen LogP contribution in [0.2, 0.25) is 0 Å². The average molecular weight is 223 g/mol. The molecule has 1 nitrogen and oxygen atoms in total. The molecule has 1 saturated heterocycles. The van der Waals surface area contributed by atoms with Gasteiger partial charge in [0.25, 0.3) is 0 Å². The topological polar surface area (TPSA) is 3.24 Å². The Hall–Kier alpha value is -0.0400. The van der Waals surface area contributed by atoms with Crippen molar-refractivity contribution in [2.24, 2.45) is 17.8 Å². The summed E-state index contributed by atoms with van der Waals surface area (Å²) in [6.45, 7) is 9.90. The second-order valence-electron chi connectivity index (χ2n) is 6.25. The predicted octanol–water partition coefficient (Wildman–Crippen LogP) is 3.93. The first kappa shape index (κ1) is 12.4. The summed E-state index contributed by atoms with van der Waals surface area (Å²) in [6.07, 6.45) is 8.71. The highest BCUT2D eigenvalue weighted by atomic mass is 15.2. The van der Waals surface area contributed by atoms with Crippen molar-refractivity contribution >= 4 is 0 Å². The molecule has 2 atom stereocenters. The molecule has 2 fully saturated rings. The van der Waals surface area contributed by atoms with Crippen LogP contribution in [0.1, 0.15) is 59.3 Å².